The second kappa shape index (κ2) is 7.18. The fraction of sp³-hybridized carbons (Fsp3) is 0.158. The molecule has 7 heteroatoms. The number of anilines is 1. The Morgan fingerprint density at radius 3 is 2.69 bits per heavy atom. The van der Waals surface area contributed by atoms with E-state index in [4.69, 9.17) is 4.74 Å². The summed E-state index contributed by atoms with van der Waals surface area (Å²) < 4.78 is 5.93. The lowest BCUT2D eigenvalue weighted by atomic mass is 10.1. The molecule has 3 rings (SSSR count). The average molecular weight is 351 g/mol. The Kier molecular flexibility index (Phi) is 4.79. The molecule has 1 aromatic heterocycles. The maximum Gasteiger partial charge on any atom is 0.339 e. The minimum atomic E-state index is -0.555. The van der Waals surface area contributed by atoms with Gasteiger partial charge in [-0.05, 0) is 30.7 Å². The Morgan fingerprint density at radius 1 is 1.15 bits per heavy atom. The van der Waals surface area contributed by atoms with Gasteiger partial charge in [0.15, 0.2) is 0 Å². The number of fused-ring (bicyclic) bond motifs is 1. The van der Waals surface area contributed by atoms with Crippen LogP contribution in [0.3, 0.4) is 0 Å². The number of carbonyl (C=O) groups excluding carboxylic acids is 2. The van der Waals surface area contributed by atoms with E-state index in [1.807, 2.05) is 13.0 Å². The van der Waals surface area contributed by atoms with Crippen molar-refractivity contribution in [2.45, 2.75) is 13.5 Å². The lowest BCUT2D eigenvalue weighted by Gasteiger charge is -2.11. The number of methoxy groups -OCH3 is 1. The molecule has 2 aromatic carbocycles. The van der Waals surface area contributed by atoms with Crippen molar-refractivity contribution in [3.8, 4) is 0 Å². The van der Waals surface area contributed by atoms with Crippen molar-refractivity contribution >= 4 is 28.5 Å². The predicted octanol–water partition coefficient (Wildman–Crippen LogP) is 2.13. The molecular weight excluding hydrogens is 334 g/mol. The molecule has 0 fully saturated rings. The third-order valence-electron chi connectivity index (χ3n) is 3.98. The zero-order valence-electron chi connectivity index (χ0n) is 14.4. The van der Waals surface area contributed by atoms with Crippen LogP contribution in [0.25, 0.3) is 10.9 Å². The topological polar surface area (TPSA) is 90.3 Å². The van der Waals surface area contributed by atoms with Gasteiger partial charge in [0.1, 0.15) is 6.54 Å². The molecule has 1 amide bonds. The van der Waals surface area contributed by atoms with E-state index in [1.165, 1.54) is 18.0 Å². The number of carbonyl (C=O) groups is 2. The Hall–Kier alpha value is -3.48. The number of aryl methyl sites for hydroxylation is 1. The van der Waals surface area contributed by atoms with E-state index in [9.17, 15) is 14.4 Å². The molecule has 0 aliphatic carbocycles. The lowest BCUT2D eigenvalue weighted by molar-refractivity contribution is -0.116. The van der Waals surface area contributed by atoms with Gasteiger partial charge in [-0.1, -0.05) is 24.3 Å². The number of nitrogens with zero attached hydrogens (tertiary/aromatic N) is 2. The van der Waals surface area contributed by atoms with Crippen molar-refractivity contribution in [1.29, 1.82) is 0 Å². The van der Waals surface area contributed by atoms with Gasteiger partial charge in [0.2, 0.25) is 5.91 Å². The Bertz CT molecular complexity index is 1060. The third-order valence-corrected chi connectivity index (χ3v) is 3.98. The van der Waals surface area contributed by atoms with Gasteiger partial charge >= 0.3 is 5.97 Å². The van der Waals surface area contributed by atoms with E-state index in [1.54, 1.807) is 36.4 Å². The molecule has 0 aliphatic rings. The van der Waals surface area contributed by atoms with Crippen LogP contribution < -0.4 is 10.9 Å². The molecule has 0 spiro atoms. The smallest absolute Gasteiger partial charge is 0.339 e. The van der Waals surface area contributed by atoms with Gasteiger partial charge in [-0.15, -0.1) is 0 Å². The van der Waals surface area contributed by atoms with Crippen LogP contribution in [-0.4, -0.2) is 28.5 Å². The van der Waals surface area contributed by atoms with Gasteiger partial charge in [0, 0.05) is 0 Å². The van der Waals surface area contributed by atoms with E-state index in [0.29, 0.717) is 16.6 Å². The summed E-state index contributed by atoms with van der Waals surface area (Å²) in [6.07, 6.45) is 1.35. The van der Waals surface area contributed by atoms with E-state index in [0.717, 1.165) is 5.56 Å². The van der Waals surface area contributed by atoms with Crippen LogP contribution in [-0.2, 0) is 16.1 Å². The molecule has 3 aromatic rings. The lowest BCUT2D eigenvalue weighted by Crippen LogP contribution is -2.28. The molecule has 0 bridgehead atoms. The highest BCUT2D eigenvalue weighted by atomic mass is 16.5. The summed E-state index contributed by atoms with van der Waals surface area (Å²) >= 11 is 0. The highest BCUT2D eigenvalue weighted by molar-refractivity contribution is 6.01. The van der Waals surface area contributed by atoms with Crippen molar-refractivity contribution in [2.75, 3.05) is 12.4 Å². The summed E-state index contributed by atoms with van der Waals surface area (Å²) in [5, 5.41) is 3.09. The van der Waals surface area contributed by atoms with Crippen LogP contribution in [0.15, 0.2) is 53.6 Å². The van der Waals surface area contributed by atoms with Gasteiger partial charge in [-0.2, -0.15) is 0 Å². The highest BCUT2D eigenvalue weighted by Crippen LogP contribution is 2.16. The Balaban J connectivity index is 1.86. The number of esters is 1. The largest absolute Gasteiger partial charge is 0.465 e. The van der Waals surface area contributed by atoms with Gasteiger partial charge in [0.25, 0.3) is 5.56 Å². The number of aromatic nitrogens is 2. The van der Waals surface area contributed by atoms with E-state index in [-0.39, 0.29) is 17.7 Å². The minimum absolute atomic E-state index is 0.217. The first-order chi connectivity index (χ1) is 12.5. The summed E-state index contributed by atoms with van der Waals surface area (Å²) in [6.45, 7) is 1.65. The first kappa shape index (κ1) is 17.3. The summed E-state index contributed by atoms with van der Waals surface area (Å²) in [7, 11) is 1.27. The Labute approximate surface area is 149 Å². The fourth-order valence-corrected chi connectivity index (χ4v) is 2.67. The molecule has 1 N–H and O–H groups in total. The van der Waals surface area contributed by atoms with Gasteiger partial charge in [0.05, 0.1) is 35.6 Å². The van der Waals surface area contributed by atoms with E-state index < -0.39 is 11.9 Å². The second-order valence-corrected chi connectivity index (χ2v) is 5.73. The number of rotatable bonds is 4. The monoisotopic (exact) mass is 351 g/mol. The van der Waals surface area contributed by atoms with Crippen LogP contribution >= 0.6 is 0 Å². The third kappa shape index (κ3) is 3.32. The maximum absolute atomic E-state index is 12.6. The molecule has 0 unspecified atom stereocenters. The number of amides is 1. The predicted molar refractivity (Wildman–Crippen MR) is 97.2 cm³/mol. The van der Waals surface area contributed by atoms with E-state index in [2.05, 4.69) is 10.3 Å². The van der Waals surface area contributed by atoms with Crippen LogP contribution in [0.1, 0.15) is 15.9 Å². The number of hydrogen-bond acceptors (Lipinski definition) is 5. The van der Waals surface area contributed by atoms with Crippen LogP contribution in [0.4, 0.5) is 5.69 Å². The molecule has 1 heterocycles. The molecular formula is C19H17N3O4. The second-order valence-electron chi connectivity index (χ2n) is 5.73. The molecule has 0 saturated carbocycles. The number of nitrogens with one attached hydrogen (secondary N) is 1. The van der Waals surface area contributed by atoms with Crippen LogP contribution in [0, 0.1) is 6.92 Å². The summed E-state index contributed by atoms with van der Waals surface area (Å²) in [6, 6.07) is 11.8. The standard InChI is InChI=1S/C19H17N3O4/c1-12-6-5-8-14-17(12)20-11-22(18(14)24)10-16(23)21-15-9-4-3-7-13(15)19(25)26-2/h3-9,11H,10H2,1-2H3,(H,21,23). The molecule has 26 heavy (non-hydrogen) atoms. The maximum atomic E-state index is 12.6. The fourth-order valence-electron chi connectivity index (χ4n) is 2.67. The van der Waals surface area contributed by atoms with Crippen molar-refractivity contribution < 1.29 is 14.3 Å². The zero-order valence-corrected chi connectivity index (χ0v) is 14.4. The van der Waals surface area contributed by atoms with Crippen molar-refractivity contribution in [2.24, 2.45) is 0 Å². The first-order valence-corrected chi connectivity index (χ1v) is 7.93. The quantitative estimate of drug-likeness (QED) is 0.727. The van der Waals surface area contributed by atoms with E-state index >= 15 is 0 Å². The van der Waals surface area contributed by atoms with Gasteiger partial charge in [-0.25, -0.2) is 9.78 Å². The number of hydrogen-bond donors (Lipinski definition) is 1. The number of ether oxygens (including phenoxy) is 1. The van der Waals surface area contributed by atoms with Crippen LogP contribution in [0.5, 0.6) is 0 Å². The van der Waals surface area contributed by atoms with Gasteiger partial charge in [-0.3, -0.25) is 14.2 Å². The number of para-hydroxylation sites is 2. The average Bonchev–Trinajstić information content (AvgIpc) is 2.64. The van der Waals surface area contributed by atoms with Crippen molar-refractivity contribution in [1.82, 2.24) is 9.55 Å². The molecule has 0 aliphatic heterocycles. The highest BCUT2D eigenvalue weighted by Gasteiger charge is 2.14. The molecule has 0 radical (unpaired) electrons. The SMILES string of the molecule is COC(=O)c1ccccc1NC(=O)Cn1cnc2c(C)cccc2c1=O. The summed E-state index contributed by atoms with van der Waals surface area (Å²) in [4.78, 5) is 40.9. The summed E-state index contributed by atoms with van der Waals surface area (Å²) in [5.74, 6) is -1.00. The Morgan fingerprint density at radius 2 is 1.92 bits per heavy atom. The van der Waals surface area contributed by atoms with Crippen LogP contribution in [0.2, 0.25) is 0 Å². The van der Waals surface area contributed by atoms with Crippen molar-refractivity contribution in [3.63, 3.8) is 0 Å². The molecule has 7 nitrogen and oxygen atoms in total. The molecule has 0 saturated heterocycles. The molecule has 132 valence electrons. The normalized spacial score (nSPS) is 10.5. The zero-order chi connectivity index (χ0) is 18.7. The first-order valence-electron chi connectivity index (χ1n) is 7.93. The van der Waals surface area contributed by atoms with Crippen molar-refractivity contribution in [3.05, 3.63) is 70.3 Å². The molecule has 0 atom stereocenters. The van der Waals surface area contributed by atoms with Gasteiger partial charge < -0.3 is 10.1 Å². The summed E-state index contributed by atoms with van der Waals surface area (Å²) in [5.41, 5.74) is 1.77. The number of benzene rings is 2. The minimum Gasteiger partial charge on any atom is -0.465 e.